The first-order chi connectivity index (χ1) is 9.30. The SMILES string of the molecule is COC(=O)C(C)S(=O)(=O)N1CCCCCC1CC(C)O. The van der Waals surface area contributed by atoms with Crippen LogP contribution in [0.2, 0.25) is 0 Å². The lowest BCUT2D eigenvalue weighted by molar-refractivity contribution is -0.139. The van der Waals surface area contributed by atoms with Gasteiger partial charge in [-0.1, -0.05) is 12.8 Å². The van der Waals surface area contributed by atoms with E-state index >= 15 is 0 Å². The number of hydrogen-bond donors (Lipinski definition) is 1. The van der Waals surface area contributed by atoms with Crippen LogP contribution in [0.1, 0.15) is 46.0 Å². The van der Waals surface area contributed by atoms with Crippen LogP contribution in [0.15, 0.2) is 0 Å². The molecule has 0 radical (unpaired) electrons. The van der Waals surface area contributed by atoms with E-state index in [1.165, 1.54) is 18.3 Å². The first-order valence-corrected chi connectivity index (χ1v) is 8.57. The molecule has 1 N–H and O–H groups in total. The molecule has 0 aromatic rings. The van der Waals surface area contributed by atoms with E-state index in [2.05, 4.69) is 4.74 Å². The highest BCUT2D eigenvalue weighted by Gasteiger charge is 2.39. The third-order valence-electron chi connectivity index (χ3n) is 3.74. The van der Waals surface area contributed by atoms with Crippen LogP contribution in [0.5, 0.6) is 0 Å². The molecule has 20 heavy (non-hydrogen) atoms. The lowest BCUT2D eigenvalue weighted by atomic mass is 10.1. The number of aliphatic hydroxyl groups is 1. The Morgan fingerprint density at radius 1 is 1.35 bits per heavy atom. The molecule has 6 nitrogen and oxygen atoms in total. The van der Waals surface area contributed by atoms with Gasteiger partial charge in [0.25, 0.3) is 0 Å². The Morgan fingerprint density at radius 2 is 2.00 bits per heavy atom. The summed E-state index contributed by atoms with van der Waals surface area (Å²) in [6.45, 7) is 3.41. The molecule has 1 saturated heterocycles. The van der Waals surface area contributed by atoms with Crippen LogP contribution in [-0.2, 0) is 19.6 Å². The first-order valence-electron chi connectivity index (χ1n) is 7.07. The molecule has 1 heterocycles. The van der Waals surface area contributed by atoms with Gasteiger partial charge in [-0.25, -0.2) is 8.42 Å². The molecule has 1 aliphatic heterocycles. The van der Waals surface area contributed by atoms with E-state index < -0.39 is 27.3 Å². The fraction of sp³-hybridized carbons (Fsp3) is 0.923. The van der Waals surface area contributed by atoms with E-state index in [1.54, 1.807) is 6.92 Å². The van der Waals surface area contributed by atoms with Gasteiger partial charge in [-0.15, -0.1) is 0 Å². The molecular weight excluding hydrogens is 282 g/mol. The summed E-state index contributed by atoms with van der Waals surface area (Å²) >= 11 is 0. The Bertz CT molecular complexity index is 420. The molecule has 0 spiro atoms. The number of ether oxygens (including phenoxy) is 1. The van der Waals surface area contributed by atoms with Crippen molar-refractivity contribution in [2.45, 2.75) is 63.3 Å². The topological polar surface area (TPSA) is 83.9 Å². The Morgan fingerprint density at radius 3 is 2.55 bits per heavy atom. The second kappa shape index (κ2) is 7.38. The van der Waals surface area contributed by atoms with Crippen molar-refractivity contribution in [3.8, 4) is 0 Å². The van der Waals surface area contributed by atoms with Gasteiger partial charge in [0.2, 0.25) is 10.0 Å². The summed E-state index contributed by atoms with van der Waals surface area (Å²) in [6.07, 6.45) is 3.24. The van der Waals surface area contributed by atoms with Gasteiger partial charge in [0.15, 0.2) is 5.25 Å². The number of hydrogen-bond acceptors (Lipinski definition) is 5. The third kappa shape index (κ3) is 4.17. The largest absolute Gasteiger partial charge is 0.468 e. The van der Waals surface area contributed by atoms with Crippen molar-refractivity contribution in [3.63, 3.8) is 0 Å². The lowest BCUT2D eigenvalue weighted by Gasteiger charge is -2.31. The van der Waals surface area contributed by atoms with E-state index in [0.29, 0.717) is 13.0 Å². The van der Waals surface area contributed by atoms with Crippen LogP contribution in [0.4, 0.5) is 0 Å². The van der Waals surface area contributed by atoms with Crippen molar-refractivity contribution < 1.29 is 23.1 Å². The second-order valence-corrected chi connectivity index (χ2v) is 7.62. The monoisotopic (exact) mass is 307 g/mol. The number of esters is 1. The fourth-order valence-corrected chi connectivity index (χ4v) is 4.34. The molecule has 0 amide bonds. The number of sulfonamides is 1. The smallest absolute Gasteiger partial charge is 0.325 e. The number of methoxy groups -OCH3 is 1. The van der Waals surface area contributed by atoms with E-state index in [-0.39, 0.29) is 6.04 Å². The number of rotatable bonds is 5. The van der Waals surface area contributed by atoms with Crippen LogP contribution in [0.3, 0.4) is 0 Å². The quantitative estimate of drug-likeness (QED) is 0.763. The van der Waals surface area contributed by atoms with Crippen molar-refractivity contribution in [2.24, 2.45) is 0 Å². The number of carbonyl (C=O) groups excluding carboxylic acids is 1. The van der Waals surface area contributed by atoms with Gasteiger partial charge in [0, 0.05) is 12.6 Å². The van der Waals surface area contributed by atoms with Crippen LogP contribution in [0.25, 0.3) is 0 Å². The van der Waals surface area contributed by atoms with E-state index in [1.807, 2.05) is 0 Å². The van der Waals surface area contributed by atoms with E-state index in [4.69, 9.17) is 0 Å². The maximum atomic E-state index is 12.6. The third-order valence-corrected chi connectivity index (χ3v) is 5.96. The predicted molar refractivity (Wildman–Crippen MR) is 75.7 cm³/mol. The molecule has 0 aromatic carbocycles. The van der Waals surface area contributed by atoms with Crippen LogP contribution < -0.4 is 0 Å². The van der Waals surface area contributed by atoms with Gasteiger partial charge >= 0.3 is 5.97 Å². The Hall–Kier alpha value is -0.660. The average Bonchev–Trinajstić information content (AvgIpc) is 2.62. The molecule has 3 unspecified atom stereocenters. The molecule has 7 heteroatoms. The van der Waals surface area contributed by atoms with Gasteiger partial charge in [0.05, 0.1) is 13.2 Å². The van der Waals surface area contributed by atoms with Crippen LogP contribution in [0, 0.1) is 0 Å². The summed E-state index contributed by atoms with van der Waals surface area (Å²) in [6, 6.07) is -0.241. The molecule has 1 aliphatic rings. The highest BCUT2D eigenvalue weighted by molar-refractivity contribution is 7.90. The van der Waals surface area contributed by atoms with Crippen molar-refractivity contribution in [1.82, 2.24) is 4.31 Å². The van der Waals surface area contributed by atoms with Gasteiger partial charge in [-0.2, -0.15) is 4.31 Å². The molecular formula is C13H25NO5S. The second-order valence-electron chi connectivity index (χ2n) is 5.41. The van der Waals surface area contributed by atoms with Crippen molar-refractivity contribution >= 4 is 16.0 Å². The summed E-state index contributed by atoms with van der Waals surface area (Å²) < 4.78 is 31.1. The number of aliphatic hydroxyl groups excluding tert-OH is 1. The molecule has 0 aromatic heterocycles. The molecule has 0 aliphatic carbocycles. The first kappa shape index (κ1) is 17.4. The summed E-state index contributed by atoms with van der Waals surface area (Å²) in [5.41, 5.74) is 0. The zero-order chi connectivity index (χ0) is 15.3. The van der Waals surface area contributed by atoms with Crippen molar-refractivity contribution in [2.75, 3.05) is 13.7 Å². The Kier molecular flexibility index (Phi) is 6.42. The zero-order valence-corrected chi connectivity index (χ0v) is 13.2. The molecule has 3 atom stereocenters. The average molecular weight is 307 g/mol. The molecule has 1 rings (SSSR count). The fourth-order valence-electron chi connectivity index (χ4n) is 2.61. The normalized spacial score (nSPS) is 24.7. The van der Waals surface area contributed by atoms with Crippen molar-refractivity contribution in [1.29, 1.82) is 0 Å². The van der Waals surface area contributed by atoms with Gasteiger partial charge in [-0.3, -0.25) is 4.79 Å². The van der Waals surface area contributed by atoms with Gasteiger partial charge < -0.3 is 9.84 Å². The maximum absolute atomic E-state index is 12.6. The highest BCUT2D eigenvalue weighted by Crippen LogP contribution is 2.25. The van der Waals surface area contributed by atoms with Crippen LogP contribution in [-0.4, -0.2) is 54.8 Å². The summed E-state index contributed by atoms with van der Waals surface area (Å²) in [7, 11) is -2.56. The Labute approximate surface area is 121 Å². The lowest BCUT2D eigenvalue weighted by Crippen LogP contribution is -2.47. The molecule has 0 bridgehead atoms. The zero-order valence-electron chi connectivity index (χ0n) is 12.4. The molecule has 118 valence electrons. The van der Waals surface area contributed by atoms with E-state index in [9.17, 15) is 18.3 Å². The highest BCUT2D eigenvalue weighted by atomic mass is 32.2. The maximum Gasteiger partial charge on any atom is 0.325 e. The van der Waals surface area contributed by atoms with Crippen molar-refractivity contribution in [3.05, 3.63) is 0 Å². The number of nitrogens with zero attached hydrogens (tertiary/aromatic N) is 1. The summed E-state index contributed by atoms with van der Waals surface area (Å²) in [5, 5.41) is 8.35. The summed E-state index contributed by atoms with van der Waals surface area (Å²) in [4.78, 5) is 11.5. The minimum Gasteiger partial charge on any atom is -0.468 e. The summed E-state index contributed by atoms with van der Waals surface area (Å²) in [5.74, 6) is -0.745. The number of carbonyl (C=O) groups is 1. The van der Waals surface area contributed by atoms with Gasteiger partial charge in [0.1, 0.15) is 0 Å². The predicted octanol–water partition coefficient (Wildman–Crippen LogP) is 0.893. The standard InChI is InChI=1S/C13H25NO5S/c1-10(15)9-12-7-5-4-6-8-14(12)20(17,18)11(2)13(16)19-3/h10-12,15H,4-9H2,1-3H3. The van der Waals surface area contributed by atoms with E-state index in [0.717, 1.165) is 25.7 Å². The molecule has 1 fully saturated rings. The minimum atomic E-state index is -3.74. The van der Waals surface area contributed by atoms with Gasteiger partial charge in [-0.05, 0) is 33.1 Å². The van der Waals surface area contributed by atoms with Crippen LogP contribution >= 0.6 is 0 Å². The molecule has 0 saturated carbocycles. The Balaban J connectivity index is 2.99. The minimum absolute atomic E-state index is 0.241.